The van der Waals surface area contributed by atoms with Crippen LogP contribution in [0.15, 0.2) is 194 Å². The van der Waals surface area contributed by atoms with Gasteiger partial charge in [-0.3, -0.25) is 0 Å². The Morgan fingerprint density at radius 2 is 0.667 bits per heavy atom. The average molecular weight is 686 g/mol. The Hall–Kier alpha value is -7.02. The van der Waals surface area contributed by atoms with E-state index in [1.54, 1.807) is 0 Å². The summed E-state index contributed by atoms with van der Waals surface area (Å²) in [5.41, 5.74) is 7.04. The third-order valence-electron chi connectivity index (χ3n) is 11.7. The number of hydrogen-bond donors (Lipinski definition) is 0. The lowest BCUT2D eigenvalue weighted by Crippen LogP contribution is -1.93. The Morgan fingerprint density at radius 1 is 0.259 bits per heavy atom. The molecule has 0 bridgehead atoms. The highest BCUT2D eigenvalue weighted by molar-refractivity contribution is 6.28. The van der Waals surface area contributed by atoms with Gasteiger partial charge in [0.25, 0.3) is 0 Å². The van der Waals surface area contributed by atoms with Crippen LogP contribution in [0.1, 0.15) is 6.85 Å². The van der Waals surface area contributed by atoms with Gasteiger partial charge in [0.15, 0.2) is 0 Å². The van der Waals surface area contributed by atoms with Gasteiger partial charge >= 0.3 is 0 Å². The van der Waals surface area contributed by atoms with Crippen LogP contribution in [0.4, 0.5) is 0 Å². The highest BCUT2D eigenvalue weighted by atomic mass is 14.2. The summed E-state index contributed by atoms with van der Waals surface area (Å²) in [6.07, 6.45) is 0. The van der Waals surface area contributed by atoms with Crippen molar-refractivity contribution in [1.29, 1.82) is 0 Å². The molecular formula is C54H32. The molecule has 12 aromatic rings. The molecule has 0 N–H and O–H groups in total. The first-order valence-electron chi connectivity index (χ1n) is 20.9. The Balaban J connectivity index is 1.15. The Morgan fingerprint density at radius 3 is 1.22 bits per heavy atom. The Kier molecular flexibility index (Phi) is 5.21. The molecule has 0 saturated carbocycles. The van der Waals surface area contributed by atoms with Crippen molar-refractivity contribution in [2.75, 3.05) is 0 Å². The van der Waals surface area contributed by atoms with Crippen LogP contribution in [0.3, 0.4) is 0 Å². The molecule has 0 radical (unpaired) electrons. The zero-order valence-corrected chi connectivity index (χ0v) is 29.1. The van der Waals surface area contributed by atoms with Crippen molar-refractivity contribution in [2.45, 2.75) is 0 Å². The second-order valence-electron chi connectivity index (χ2n) is 14.4. The normalized spacial score (nSPS) is 13.4. The summed E-state index contributed by atoms with van der Waals surface area (Å²) in [6, 6.07) is 57.0. The predicted octanol–water partition coefficient (Wildman–Crippen LogP) is 15.3. The predicted molar refractivity (Wildman–Crippen MR) is 233 cm³/mol. The number of hydrogen-bond acceptors (Lipinski definition) is 0. The van der Waals surface area contributed by atoms with E-state index in [0.717, 1.165) is 44.0 Å². The van der Waals surface area contributed by atoms with E-state index in [0.29, 0.717) is 5.56 Å². The van der Waals surface area contributed by atoms with Crippen molar-refractivity contribution in [2.24, 2.45) is 0 Å². The largest absolute Gasteiger partial charge is 0.0629 e. The van der Waals surface area contributed by atoms with Crippen LogP contribution in [-0.2, 0) is 0 Å². The molecule has 0 heterocycles. The molecule has 0 aromatic heterocycles. The zero-order valence-electron chi connectivity index (χ0n) is 34.1. The van der Waals surface area contributed by atoms with Crippen molar-refractivity contribution >= 4 is 75.4 Å². The van der Waals surface area contributed by atoms with Crippen molar-refractivity contribution in [3.05, 3.63) is 194 Å². The summed E-state index contributed by atoms with van der Waals surface area (Å²) in [7, 11) is 0. The molecule has 0 spiro atoms. The van der Waals surface area contributed by atoms with Crippen molar-refractivity contribution in [1.82, 2.24) is 0 Å². The first kappa shape index (κ1) is 25.0. The highest BCUT2D eigenvalue weighted by Crippen LogP contribution is 2.47. The first-order valence-corrected chi connectivity index (χ1v) is 18.4. The van der Waals surface area contributed by atoms with Gasteiger partial charge in [-0.2, -0.15) is 0 Å². The summed E-state index contributed by atoms with van der Waals surface area (Å²) in [5, 5.41) is 16.8. The molecule has 0 saturated heterocycles. The van der Waals surface area contributed by atoms with E-state index < -0.39 is 6.04 Å². The fourth-order valence-corrected chi connectivity index (χ4v) is 9.26. The molecule has 0 fully saturated rings. The third kappa shape index (κ3) is 4.20. The lowest BCUT2D eigenvalue weighted by Gasteiger charge is -2.20. The number of fused-ring (bicyclic) bond motifs is 1. The SMILES string of the molecule is [2H]c1c([2H])c([2H])c(-c2ccc(-c3ccc4ccc5cccc6ccc3c4c56)c(-c3ccc(-c4ccc5ccc6cccc7ccc4c5c67)c4ccccc34)c2)c([2H])c1[2H]. The van der Waals surface area contributed by atoms with Crippen molar-refractivity contribution in [3.63, 3.8) is 0 Å². The molecule has 12 rings (SSSR count). The highest BCUT2D eigenvalue weighted by Gasteiger charge is 2.19. The molecule has 0 atom stereocenters. The van der Waals surface area contributed by atoms with E-state index in [1.807, 2.05) is 12.1 Å². The lowest BCUT2D eigenvalue weighted by molar-refractivity contribution is 1.59. The van der Waals surface area contributed by atoms with E-state index in [4.69, 9.17) is 6.85 Å². The molecule has 0 heteroatoms. The average Bonchev–Trinajstić information content (AvgIpc) is 3.28. The molecule has 0 aliphatic carbocycles. The maximum atomic E-state index is 8.92. The van der Waals surface area contributed by atoms with Gasteiger partial charge in [-0.15, -0.1) is 0 Å². The summed E-state index contributed by atoms with van der Waals surface area (Å²) in [4.78, 5) is 0. The van der Waals surface area contributed by atoms with Crippen LogP contribution in [-0.4, -0.2) is 0 Å². The Labute approximate surface area is 319 Å². The van der Waals surface area contributed by atoms with Gasteiger partial charge in [-0.05, 0) is 126 Å². The molecule has 248 valence electrons. The van der Waals surface area contributed by atoms with E-state index >= 15 is 0 Å². The van der Waals surface area contributed by atoms with Gasteiger partial charge in [0.1, 0.15) is 0 Å². The minimum absolute atomic E-state index is 0.189. The smallest absolute Gasteiger partial charge is 0.0622 e. The van der Waals surface area contributed by atoms with Crippen LogP contribution < -0.4 is 0 Å². The van der Waals surface area contributed by atoms with Gasteiger partial charge in [-0.1, -0.05) is 188 Å². The zero-order chi connectivity index (χ0) is 39.7. The van der Waals surface area contributed by atoms with Gasteiger partial charge in [0.05, 0.1) is 6.85 Å². The van der Waals surface area contributed by atoms with E-state index in [1.165, 1.54) is 64.8 Å². The fraction of sp³-hybridized carbons (Fsp3) is 0. The number of rotatable bonds is 4. The maximum Gasteiger partial charge on any atom is 0.0629 e. The van der Waals surface area contributed by atoms with Crippen LogP contribution in [0, 0.1) is 0 Å². The second-order valence-corrected chi connectivity index (χ2v) is 14.4. The van der Waals surface area contributed by atoms with Crippen molar-refractivity contribution in [3.8, 4) is 44.5 Å². The van der Waals surface area contributed by atoms with Crippen LogP contribution in [0.5, 0.6) is 0 Å². The summed E-state index contributed by atoms with van der Waals surface area (Å²) in [6.45, 7) is 0. The minimum Gasteiger partial charge on any atom is -0.0622 e. The third-order valence-corrected chi connectivity index (χ3v) is 11.7. The van der Waals surface area contributed by atoms with Gasteiger partial charge in [-0.25, -0.2) is 0 Å². The molecule has 12 aromatic carbocycles. The van der Waals surface area contributed by atoms with E-state index in [9.17, 15) is 0 Å². The summed E-state index contributed by atoms with van der Waals surface area (Å²) in [5.74, 6) is 0. The monoisotopic (exact) mass is 685 g/mol. The summed E-state index contributed by atoms with van der Waals surface area (Å²) < 4.78 is 43.1. The summed E-state index contributed by atoms with van der Waals surface area (Å²) >= 11 is 0. The topological polar surface area (TPSA) is 0 Å². The standard InChI is InChI=1S/C54H32/c1-2-8-33(9-3-1)40-24-27-46(45-26-21-39-19-17-35-11-7-13-37-23-29-49(45)54(39)52(35)37)50(32-40)47-31-30-43(41-14-4-5-15-42(41)47)44-25-20-38-18-16-34-10-6-12-36-22-28-48(44)53(38)51(34)36/h1-32H/i1D,2D,3D,8D,9D. The van der Waals surface area contributed by atoms with Crippen LogP contribution in [0.2, 0.25) is 0 Å². The Bertz CT molecular complexity index is 3670. The van der Waals surface area contributed by atoms with Crippen LogP contribution in [0.25, 0.3) is 120 Å². The molecule has 54 heavy (non-hydrogen) atoms. The molecule has 0 nitrogen and oxygen atoms in total. The molecular weight excluding hydrogens is 649 g/mol. The van der Waals surface area contributed by atoms with E-state index in [2.05, 4.69) is 152 Å². The van der Waals surface area contributed by atoms with Gasteiger partial charge in [0, 0.05) is 0 Å². The number of benzene rings is 12. The quantitative estimate of drug-likeness (QED) is 0.162. The molecule has 0 aliphatic rings. The van der Waals surface area contributed by atoms with E-state index in [-0.39, 0.29) is 29.7 Å². The maximum absolute atomic E-state index is 8.92. The second kappa shape index (κ2) is 11.2. The van der Waals surface area contributed by atoms with Gasteiger partial charge < -0.3 is 0 Å². The molecule has 0 aliphatic heterocycles. The molecule has 0 unspecified atom stereocenters. The van der Waals surface area contributed by atoms with Crippen LogP contribution >= 0.6 is 0 Å². The molecule has 0 amide bonds. The minimum atomic E-state index is -0.400. The fourth-order valence-electron chi connectivity index (χ4n) is 9.26. The first-order chi connectivity index (χ1) is 28.9. The lowest BCUT2D eigenvalue weighted by atomic mass is 9.83. The van der Waals surface area contributed by atoms with Gasteiger partial charge in [0.2, 0.25) is 0 Å². The van der Waals surface area contributed by atoms with Crippen molar-refractivity contribution < 1.29 is 6.85 Å².